The first kappa shape index (κ1) is 32.8. The first-order valence-corrected chi connectivity index (χ1v) is 15.9. The van der Waals surface area contributed by atoms with Gasteiger partial charge in [0, 0.05) is 18.4 Å². The Morgan fingerprint density at radius 3 is 2.47 bits per heavy atom. The summed E-state index contributed by atoms with van der Waals surface area (Å²) in [4.78, 5) is 50.5. The maximum Gasteiger partial charge on any atom is 0.408 e. The Morgan fingerprint density at radius 1 is 1.04 bits per heavy atom. The van der Waals surface area contributed by atoms with Crippen LogP contribution in [0.2, 0.25) is 0 Å². The van der Waals surface area contributed by atoms with Crippen LogP contribution in [0, 0.1) is 17.3 Å². The van der Waals surface area contributed by atoms with Crippen LogP contribution in [0.15, 0.2) is 18.2 Å². The number of ketones is 1. The van der Waals surface area contributed by atoms with Gasteiger partial charge >= 0.3 is 6.09 Å². The van der Waals surface area contributed by atoms with Crippen molar-refractivity contribution in [2.24, 2.45) is 17.3 Å². The molecule has 246 valence electrons. The average Bonchev–Trinajstić information content (AvgIpc) is 3.55. The predicted octanol–water partition coefficient (Wildman–Crippen LogP) is 5.80. The molecule has 1 N–H and O–H groups in total. The number of benzene rings is 1. The van der Waals surface area contributed by atoms with E-state index in [1.807, 2.05) is 20.8 Å². The van der Waals surface area contributed by atoms with Gasteiger partial charge in [0.05, 0.1) is 30.7 Å². The standard InChI is InChI=1S/C33H44F2N4O6/c1-18-25-17-39(26(18)19(2)40)30(41)28(32(3,4)5)38-31(42)45-24-12-9-11-20(24)10-7-8-15-33(34,35)27-29(44-25)37-23-16-21(43-6)13-14-22(23)36-27/h13-14,16,18,20,24-26,28H,7-12,15,17H2,1-6H3,(H,38,42)/t18-,20-,24-,25+,26+,28-/m1/s1. The van der Waals surface area contributed by atoms with Crippen molar-refractivity contribution in [1.82, 2.24) is 20.2 Å². The number of carbonyl (C=O) groups excluding carboxylic acids is 3. The zero-order chi connectivity index (χ0) is 32.7. The third-order valence-corrected chi connectivity index (χ3v) is 9.48. The minimum absolute atomic E-state index is 0.0451. The summed E-state index contributed by atoms with van der Waals surface area (Å²) in [6.45, 7) is 8.53. The number of Topliss-reactive ketones (excluding diaryl/α,β-unsaturated/α-hetero) is 1. The predicted molar refractivity (Wildman–Crippen MR) is 162 cm³/mol. The largest absolute Gasteiger partial charge is 0.497 e. The lowest BCUT2D eigenvalue weighted by Gasteiger charge is -2.35. The number of methoxy groups -OCH3 is 1. The molecule has 2 aromatic rings. The fraction of sp³-hybridized carbons (Fsp3) is 0.667. The van der Waals surface area contributed by atoms with Crippen molar-refractivity contribution in [3.8, 4) is 11.6 Å². The van der Waals surface area contributed by atoms with E-state index in [1.165, 1.54) is 18.9 Å². The number of rotatable bonds is 2. The van der Waals surface area contributed by atoms with Gasteiger partial charge in [-0.3, -0.25) is 9.59 Å². The molecular weight excluding hydrogens is 586 g/mol. The summed E-state index contributed by atoms with van der Waals surface area (Å²) in [5.74, 6) is -4.48. The van der Waals surface area contributed by atoms with Gasteiger partial charge in [-0.05, 0) is 62.5 Å². The lowest BCUT2D eigenvalue weighted by atomic mass is 9.85. The quantitative estimate of drug-likeness (QED) is 0.443. The second kappa shape index (κ2) is 12.7. The minimum atomic E-state index is -3.36. The minimum Gasteiger partial charge on any atom is -0.497 e. The molecule has 2 bridgehead atoms. The first-order chi connectivity index (χ1) is 21.2. The number of nitrogens with one attached hydrogen (secondary N) is 1. The molecule has 3 heterocycles. The van der Waals surface area contributed by atoms with Crippen molar-refractivity contribution in [3.05, 3.63) is 23.9 Å². The zero-order valence-electron chi connectivity index (χ0n) is 26.9. The van der Waals surface area contributed by atoms with Crippen molar-refractivity contribution in [2.45, 2.75) is 110 Å². The number of halogens is 2. The number of nitrogens with zero attached hydrogens (tertiary/aromatic N) is 3. The summed E-state index contributed by atoms with van der Waals surface area (Å²) < 4.78 is 49.4. The van der Waals surface area contributed by atoms with Crippen LogP contribution in [-0.2, 0) is 20.2 Å². The molecule has 1 saturated heterocycles. The summed E-state index contributed by atoms with van der Waals surface area (Å²) in [6.07, 6.45) is 1.40. The highest BCUT2D eigenvalue weighted by molar-refractivity contribution is 5.92. The number of alkyl halides is 2. The molecule has 0 radical (unpaired) electrons. The van der Waals surface area contributed by atoms with E-state index in [0.717, 1.165) is 12.8 Å². The average molecular weight is 631 g/mol. The van der Waals surface area contributed by atoms with Gasteiger partial charge in [0.25, 0.3) is 5.92 Å². The van der Waals surface area contributed by atoms with Gasteiger partial charge in [0.15, 0.2) is 11.5 Å². The highest BCUT2D eigenvalue weighted by atomic mass is 19.3. The van der Waals surface area contributed by atoms with Crippen LogP contribution < -0.4 is 14.8 Å². The van der Waals surface area contributed by atoms with Crippen molar-refractivity contribution in [1.29, 1.82) is 0 Å². The molecule has 45 heavy (non-hydrogen) atoms. The Labute approximate surface area is 262 Å². The van der Waals surface area contributed by atoms with E-state index in [2.05, 4.69) is 15.3 Å². The van der Waals surface area contributed by atoms with Crippen LogP contribution in [0.25, 0.3) is 11.0 Å². The van der Waals surface area contributed by atoms with Crippen LogP contribution in [0.4, 0.5) is 13.6 Å². The van der Waals surface area contributed by atoms with Crippen molar-refractivity contribution in [3.63, 3.8) is 0 Å². The fourth-order valence-electron chi connectivity index (χ4n) is 6.99. The van der Waals surface area contributed by atoms with Gasteiger partial charge < -0.3 is 24.4 Å². The maximum absolute atomic E-state index is 16.0. The van der Waals surface area contributed by atoms with E-state index in [0.29, 0.717) is 30.5 Å². The lowest BCUT2D eigenvalue weighted by Crippen LogP contribution is -2.57. The molecule has 1 aromatic heterocycles. The molecule has 12 heteroatoms. The molecule has 0 spiro atoms. The van der Waals surface area contributed by atoms with E-state index in [1.54, 1.807) is 25.1 Å². The zero-order valence-corrected chi connectivity index (χ0v) is 26.9. The Bertz CT molecular complexity index is 1450. The third-order valence-electron chi connectivity index (χ3n) is 9.48. The number of hydrogen-bond acceptors (Lipinski definition) is 8. The summed E-state index contributed by atoms with van der Waals surface area (Å²) in [7, 11) is 1.49. The fourth-order valence-corrected chi connectivity index (χ4v) is 6.99. The van der Waals surface area contributed by atoms with Gasteiger partial charge in [0.2, 0.25) is 11.8 Å². The van der Waals surface area contributed by atoms with E-state index in [9.17, 15) is 14.4 Å². The number of ether oxygens (including phenoxy) is 3. The van der Waals surface area contributed by atoms with Crippen molar-refractivity contribution in [2.75, 3.05) is 13.7 Å². The first-order valence-electron chi connectivity index (χ1n) is 15.9. The summed E-state index contributed by atoms with van der Waals surface area (Å²) in [5.41, 5.74) is -0.712. The molecule has 5 rings (SSSR count). The number of amides is 2. The molecule has 1 aromatic carbocycles. The molecule has 2 amide bonds. The van der Waals surface area contributed by atoms with E-state index < -0.39 is 59.6 Å². The monoisotopic (exact) mass is 630 g/mol. The SMILES string of the molecule is COc1ccc2nc3c(nc2c1)O[C@H]1CN(C(=O)[C@H](C(C)(C)C)NC(=O)O[C@@H]2CCC[C@H]2CCCCC3(F)F)[C@H](C(C)=O)[C@@H]1C. The molecule has 0 unspecified atom stereocenters. The van der Waals surface area contributed by atoms with Gasteiger partial charge in [-0.2, -0.15) is 8.78 Å². The van der Waals surface area contributed by atoms with Gasteiger partial charge in [-0.15, -0.1) is 0 Å². The highest BCUT2D eigenvalue weighted by Crippen LogP contribution is 2.41. The van der Waals surface area contributed by atoms with Gasteiger partial charge in [-0.25, -0.2) is 14.8 Å². The molecule has 2 aliphatic heterocycles. The molecule has 3 aliphatic rings. The second-order valence-corrected chi connectivity index (χ2v) is 13.8. The lowest BCUT2D eigenvalue weighted by molar-refractivity contribution is -0.141. The van der Waals surface area contributed by atoms with Crippen LogP contribution in [0.3, 0.4) is 0 Å². The molecule has 1 saturated carbocycles. The Hall–Kier alpha value is -3.57. The Kier molecular flexibility index (Phi) is 9.24. The van der Waals surface area contributed by atoms with E-state index in [-0.39, 0.29) is 42.2 Å². The number of aromatic nitrogens is 2. The van der Waals surface area contributed by atoms with Crippen LogP contribution in [-0.4, -0.2) is 70.6 Å². The van der Waals surface area contributed by atoms with Crippen LogP contribution in [0.1, 0.15) is 85.3 Å². The number of fused-ring (bicyclic) bond motifs is 5. The van der Waals surface area contributed by atoms with E-state index >= 15 is 8.78 Å². The van der Waals surface area contributed by atoms with Crippen molar-refractivity contribution >= 4 is 28.8 Å². The van der Waals surface area contributed by atoms with Crippen LogP contribution >= 0.6 is 0 Å². The highest BCUT2D eigenvalue weighted by Gasteiger charge is 2.50. The summed E-state index contributed by atoms with van der Waals surface area (Å²) in [5, 5.41) is 2.80. The smallest absolute Gasteiger partial charge is 0.408 e. The molecular formula is C33H44F2N4O6. The van der Waals surface area contributed by atoms with E-state index in [4.69, 9.17) is 14.2 Å². The molecule has 6 atom stereocenters. The Balaban J connectivity index is 1.58. The summed E-state index contributed by atoms with van der Waals surface area (Å²) in [6, 6.07) is 2.90. The van der Waals surface area contributed by atoms with Crippen LogP contribution in [0.5, 0.6) is 11.6 Å². The number of hydrogen-bond donors (Lipinski definition) is 1. The maximum atomic E-state index is 16.0. The molecule has 2 fully saturated rings. The third kappa shape index (κ3) is 6.84. The van der Waals surface area contributed by atoms with Gasteiger partial charge in [0.1, 0.15) is 24.0 Å². The number of carbonyl (C=O) groups is 3. The molecule has 10 nitrogen and oxygen atoms in total. The number of alkyl carbamates (subject to hydrolysis) is 1. The Morgan fingerprint density at radius 2 is 1.78 bits per heavy atom. The normalized spacial score (nSPS) is 29.5. The molecule has 1 aliphatic carbocycles. The second-order valence-electron chi connectivity index (χ2n) is 13.8. The topological polar surface area (TPSA) is 120 Å². The summed E-state index contributed by atoms with van der Waals surface area (Å²) >= 11 is 0. The van der Waals surface area contributed by atoms with Crippen molar-refractivity contribution < 1.29 is 37.4 Å². The van der Waals surface area contributed by atoms with Gasteiger partial charge in [-0.1, -0.05) is 34.1 Å².